The van der Waals surface area contributed by atoms with Gasteiger partial charge in [-0.05, 0) is 39.8 Å². The molecule has 1 aliphatic rings. The molecule has 8 nitrogen and oxygen atoms in total. The Morgan fingerprint density at radius 2 is 0.971 bits per heavy atom. The number of ketones is 2. The number of fused-ring (bicyclic) bond motifs is 2. The summed E-state index contributed by atoms with van der Waals surface area (Å²) < 4.78 is 22.3. The molecule has 0 aliphatic heterocycles. The van der Waals surface area contributed by atoms with Crippen LogP contribution < -0.4 is 10.6 Å². The summed E-state index contributed by atoms with van der Waals surface area (Å²) in [6.45, 7) is 10.3. The van der Waals surface area contributed by atoms with Crippen molar-refractivity contribution in [2.24, 2.45) is 0 Å². The maximum atomic E-state index is 13.5. The van der Waals surface area contributed by atoms with Crippen molar-refractivity contribution in [3.8, 4) is 0 Å². The minimum absolute atomic E-state index is 0.202. The molecule has 0 radical (unpaired) electrons. The Labute approximate surface area is 200 Å². The highest BCUT2D eigenvalue weighted by Crippen LogP contribution is 2.35. The number of benzene rings is 2. The average Bonchev–Trinajstić information content (AvgIpc) is 2.84. The van der Waals surface area contributed by atoms with Gasteiger partial charge in [0, 0.05) is 48.9 Å². The molecule has 1 aliphatic carbocycles. The highest BCUT2D eigenvalue weighted by molar-refractivity contribution is 6.31. The monoisotopic (exact) mass is 470 g/mol. The van der Waals surface area contributed by atoms with E-state index in [1.165, 1.54) is 0 Å². The van der Waals surface area contributed by atoms with Crippen LogP contribution in [0.5, 0.6) is 0 Å². The number of hydrogen-bond acceptors (Lipinski definition) is 8. The molecule has 0 amide bonds. The summed E-state index contributed by atoms with van der Waals surface area (Å²) in [6, 6.07) is 10.5. The summed E-state index contributed by atoms with van der Waals surface area (Å²) in [6.07, 6.45) is -0.904. The van der Waals surface area contributed by atoms with E-state index in [4.69, 9.17) is 18.9 Å². The van der Waals surface area contributed by atoms with Crippen LogP contribution >= 0.6 is 0 Å². The van der Waals surface area contributed by atoms with Crippen LogP contribution in [0.15, 0.2) is 36.4 Å². The van der Waals surface area contributed by atoms with E-state index in [1.54, 1.807) is 36.4 Å². The number of anilines is 2. The van der Waals surface area contributed by atoms with Crippen molar-refractivity contribution in [1.29, 1.82) is 0 Å². The van der Waals surface area contributed by atoms with Gasteiger partial charge in [-0.25, -0.2) is 0 Å². The van der Waals surface area contributed by atoms with Crippen molar-refractivity contribution in [2.45, 2.75) is 40.3 Å². The van der Waals surface area contributed by atoms with Crippen molar-refractivity contribution in [2.75, 3.05) is 50.2 Å². The molecule has 2 aromatic rings. The van der Waals surface area contributed by atoms with E-state index in [0.29, 0.717) is 73.1 Å². The fourth-order valence-corrected chi connectivity index (χ4v) is 4.00. The van der Waals surface area contributed by atoms with E-state index >= 15 is 0 Å². The molecule has 2 N–H and O–H groups in total. The number of hydrogen-bond donors (Lipinski definition) is 2. The Kier molecular flexibility index (Phi) is 9.59. The number of nitrogens with one attached hydrogen (secondary N) is 2. The smallest absolute Gasteiger partial charge is 0.196 e. The lowest BCUT2D eigenvalue weighted by Crippen LogP contribution is -2.30. The SMILES string of the molecule is CCOC(CNc1cccc2c1C(=O)c1cccc(NCC(OCC)OCC)c1C2=O)OCC. The van der Waals surface area contributed by atoms with Crippen LogP contribution in [0.2, 0.25) is 0 Å². The first kappa shape index (κ1) is 25.8. The van der Waals surface area contributed by atoms with Gasteiger partial charge in [-0.15, -0.1) is 0 Å². The third-order valence-corrected chi connectivity index (χ3v) is 5.40. The molecule has 0 aromatic heterocycles. The van der Waals surface area contributed by atoms with Crippen LogP contribution in [-0.2, 0) is 18.9 Å². The lowest BCUT2D eigenvalue weighted by Gasteiger charge is -2.25. The highest BCUT2D eigenvalue weighted by Gasteiger charge is 2.33. The molecule has 0 bridgehead atoms. The van der Waals surface area contributed by atoms with Gasteiger partial charge in [0.15, 0.2) is 24.1 Å². The Bertz CT molecular complexity index is 902. The van der Waals surface area contributed by atoms with Gasteiger partial charge < -0.3 is 29.6 Å². The molecular formula is C26H34N2O6. The first-order valence-electron chi connectivity index (χ1n) is 11.8. The summed E-state index contributed by atoms with van der Waals surface area (Å²) in [7, 11) is 0. The van der Waals surface area contributed by atoms with Gasteiger partial charge in [0.2, 0.25) is 0 Å². The second-order valence-electron chi connectivity index (χ2n) is 7.56. The number of carbonyl (C=O) groups is 2. The molecule has 0 heterocycles. The number of rotatable bonds is 14. The van der Waals surface area contributed by atoms with E-state index in [2.05, 4.69) is 10.6 Å². The molecule has 0 unspecified atom stereocenters. The molecule has 0 atom stereocenters. The molecule has 8 heteroatoms. The van der Waals surface area contributed by atoms with Crippen LogP contribution in [0.1, 0.15) is 59.5 Å². The fraction of sp³-hybridized carbons (Fsp3) is 0.462. The minimum atomic E-state index is -0.452. The quantitative estimate of drug-likeness (QED) is 0.340. The molecule has 0 saturated heterocycles. The molecule has 0 spiro atoms. The molecule has 184 valence electrons. The largest absolute Gasteiger partial charge is 0.379 e. The Morgan fingerprint density at radius 3 is 1.29 bits per heavy atom. The number of carbonyl (C=O) groups excluding carboxylic acids is 2. The van der Waals surface area contributed by atoms with Crippen molar-refractivity contribution >= 4 is 22.9 Å². The summed E-state index contributed by atoms with van der Waals surface area (Å²) in [5.74, 6) is -0.404. The lowest BCUT2D eigenvalue weighted by atomic mass is 9.82. The predicted octanol–water partition coefficient (Wildman–Crippen LogP) is 4.08. The van der Waals surface area contributed by atoms with Gasteiger partial charge in [-0.2, -0.15) is 0 Å². The summed E-state index contributed by atoms with van der Waals surface area (Å²) in [4.78, 5) is 27.1. The van der Waals surface area contributed by atoms with E-state index in [-0.39, 0.29) is 11.6 Å². The zero-order valence-electron chi connectivity index (χ0n) is 20.3. The van der Waals surface area contributed by atoms with Crippen molar-refractivity contribution in [3.05, 3.63) is 58.7 Å². The Morgan fingerprint density at radius 1 is 0.618 bits per heavy atom. The standard InChI is InChI=1S/C26H34N2O6/c1-5-31-21(32-6-2)15-27-19-13-9-11-17-23(19)25(29)18-12-10-14-20(24(18)26(17)30)28-16-22(33-7-3)34-8-4/h9-14,21-22,27-28H,5-8,15-16H2,1-4H3. The zero-order valence-corrected chi connectivity index (χ0v) is 20.3. The van der Waals surface area contributed by atoms with E-state index in [0.717, 1.165) is 0 Å². The van der Waals surface area contributed by atoms with Crippen LogP contribution in [0.25, 0.3) is 0 Å². The van der Waals surface area contributed by atoms with E-state index in [9.17, 15) is 9.59 Å². The topological polar surface area (TPSA) is 95.1 Å². The lowest BCUT2D eigenvalue weighted by molar-refractivity contribution is -0.126. The molecular weight excluding hydrogens is 436 g/mol. The Hall–Kier alpha value is -2.78. The molecule has 0 fully saturated rings. The third kappa shape index (κ3) is 5.82. The summed E-state index contributed by atoms with van der Waals surface area (Å²) >= 11 is 0. The van der Waals surface area contributed by atoms with Crippen molar-refractivity contribution in [3.63, 3.8) is 0 Å². The Balaban J connectivity index is 1.87. The molecule has 34 heavy (non-hydrogen) atoms. The van der Waals surface area contributed by atoms with Gasteiger partial charge in [0.1, 0.15) is 0 Å². The van der Waals surface area contributed by atoms with Crippen LogP contribution in [-0.4, -0.2) is 63.7 Å². The van der Waals surface area contributed by atoms with Gasteiger partial charge in [-0.3, -0.25) is 9.59 Å². The van der Waals surface area contributed by atoms with Crippen LogP contribution in [0.3, 0.4) is 0 Å². The first-order valence-corrected chi connectivity index (χ1v) is 11.8. The first-order chi connectivity index (χ1) is 16.5. The predicted molar refractivity (Wildman–Crippen MR) is 131 cm³/mol. The second kappa shape index (κ2) is 12.6. The maximum absolute atomic E-state index is 13.5. The summed E-state index contributed by atoms with van der Waals surface area (Å²) in [5, 5.41) is 6.47. The highest BCUT2D eigenvalue weighted by atomic mass is 16.7. The van der Waals surface area contributed by atoms with Gasteiger partial charge in [0.05, 0.1) is 24.2 Å². The fourth-order valence-electron chi connectivity index (χ4n) is 4.00. The molecule has 0 saturated carbocycles. The second-order valence-corrected chi connectivity index (χ2v) is 7.56. The van der Waals surface area contributed by atoms with Gasteiger partial charge in [0.25, 0.3) is 0 Å². The van der Waals surface area contributed by atoms with Crippen LogP contribution in [0, 0.1) is 0 Å². The van der Waals surface area contributed by atoms with Crippen molar-refractivity contribution < 1.29 is 28.5 Å². The van der Waals surface area contributed by atoms with Crippen molar-refractivity contribution in [1.82, 2.24) is 0 Å². The molecule has 3 rings (SSSR count). The third-order valence-electron chi connectivity index (χ3n) is 5.40. The normalized spacial score (nSPS) is 12.8. The van der Waals surface area contributed by atoms with Crippen LogP contribution in [0.4, 0.5) is 11.4 Å². The molecule has 2 aromatic carbocycles. The summed E-state index contributed by atoms with van der Waals surface area (Å²) in [5.41, 5.74) is 2.63. The van der Waals surface area contributed by atoms with Gasteiger partial charge in [-0.1, -0.05) is 24.3 Å². The average molecular weight is 471 g/mol. The maximum Gasteiger partial charge on any atom is 0.196 e. The van der Waals surface area contributed by atoms with Gasteiger partial charge >= 0.3 is 0 Å². The van der Waals surface area contributed by atoms with E-state index in [1.807, 2.05) is 27.7 Å². The number of ether oxygens (including phenoxy) is 4. The van der Waals surface area contributed by atoms with E-state index < -0.39 is 12.6 Å². The minimum Gasteiger partial charge on any atom is -0.379 e. The zero-order chi connectivity index (χ0) is 24.5.